The Morgan fingerprint density at radius 1 is 1.00 bits per heavy atom. The van der Waals surface area contributed by atoms with Gasteiger partial charge in [-0.25, -0.2) is 0 Å². The van der Waals surface area contributed by atoms with Crippen molar-refractivity contribution in [2.24, 2.45) is 11.8 Å². The van der Waals surface area contributed by atoms with E-state index >= 15 is 0 Å². The highest BCUT2D eigenvalue weighted by molar-refractivity contribution is 6.42. The SMILES string of the molecule is Clc1ccc(C2CC3C=CC2C3)cc1Cl. The normalized spacial score (nSPS) is 32.5. The second kappa shape index (κ2) is 3.54. The lowest BCUT2D eigenvalue weighted by molar-refractivity contribution is 0.586. The largest absolute Gasteiger partial charge is 0.0851 e. The molecule has 2 aliphatic carbocycles. The summed E-state index contributed by atoms with van der Waals surface area (Å²) >= 11 is 12.0. The second-order valence-electron chi connectivity index (χ2n) is 4.56. The summed E-state index contributed by atoms with van der Waals surface area (Å²) in [7, 11) is 0. The number of hydrogen-bond donors (Lipinski definition) is 0. The topological polar surface area (TPSA) is 0 Å². The van der Waals surface area contributed by atoms with Gasteiger partial charge in [-0.2, -0.15) is 0 Å². The molecule has 0 amide bonds. The third-order valence-electron chi connectivity index (χ3n) is 3.65. The second-order valence-corrected chi connectivity index (χ2v) is 5.37. The van der Waals surface area contributed by atoms with Crippen molar-refractivity contribution in [3.63, 3.8) is 0 Å². The molecule has 1 fully saturated rings. The van der Waals surface area contributed by atoms with Crippen LogP contribution in [0.4, 0.5) is 0 Å². The van der Waals surface area contributed by atoms with Crippen LogP contribution >= 0.6 is 23.2 Å². The maximum absolute atomic E-state index is 6.04. The van der Waals surface area contributed by atoms with E-state index < -0.39 is 0 Å². The van der Waals surface area contributed by atoms with E-state index in [0.717, 1.165) is 11.8 Å². The fourth-order valence-electron chi connectivity index (χ4n) is 2.91. The maximum Gasteiger partial charge on any atom is 0.0595 e. The van der Waals surface area contributed by atoms with Gasteiger partial charge in [0.25, 0.3) is 0 Å². The van der Waals surface area contributed by atoms with E-state index in [-0.39, 0.29) is 0 Å². The van der Waals surface area contributed by atoms with Crippen LogP contribution in [0.15, 0.2) is 30.4 Å². The Balaban J connectivity index is 1.94. The van der Waals surface area contributed by atoms with Gasteiger partial charge in [-0.3, -0.25) is 0 Å². The molecule has 0 saturated heterocycles. The smallest absolute Gasteiger partial charge is 0.0595 e. The van der Waals surface area contributed by atoms with Gasteiger partial charge >= 0.3 is 0 Å². The number of rotatable bonds is 1. The molecule has 78 valence electrons. The molecule has 0 heterocycles. The van der Waals surface area contributed by atoms with E-state index in [4.69, 9.17) is 23.2 Å². The lowest BCUT2D eigenvalue weighted by Crippen LogP contribution is -2.04. The molecule has 0 aromatic heterocycles. The van der Waals surface area contributed by atoms with Gasteiger partial charge in [0.1, 0.15) is 0 Å². The van der Waals surface area contributed by atoms with Crippen LogP contribution in [0.5, 0.6) is 0 Å². The number of benzene rings is 1. The Kier molecular flexibility index (Phi) is 2.30. The summed E-state index contributed by atoms with van der Waals surface area (Å²) in [6.45, 7) is 0. The molecule has 1 saturated carbocycles. The summed E-state index contributed by atoms with van der Waals surface area (Å²) in [6.07, 6.45) is 7.32. The average molecular weight is 239 g/mol. The lowest BCUT2D eigenvalue weighted by atomic mass is 9.87. The fourth-order valence-corrected chi connectivity index (χ4v) is 3.21. The highest BCUT2D eigenvalue weighted by Gasteiger charge is 2.36. The van der Waals surface area contributed by atoms with E-state index in [0.29, 0.717) is 16.0 Å². The maximum atomic E-state index is 6.04. The van der Waals surface area contributed by atoms with Gasteiger partial charge in [0.05, 0.1) is 10.0 Å². The van der Waals surface area contributed by atoms with Gasteiger partial charge in [0.15, 0.2) is 0 Å². The molecular formula is C13H12Cl2. The Morgan fingerprint density at radius 3 is 2.47 bits per heavy atom. The predicted molar refractivity (Wildman–Crippen MR) is 64.6 cm³/mol. The first kappa shape index (κ1) is 9.74. The molecule has 1 aromatic rings. The molecule has 3 rings (SSSR count). The summed E-state index contributed by atoms with van der Waals surface area (Å²) in [5.74, 6) is 2.19. The zero-order valence-electron chi connectivity index (χ0n) is 8.29. The van der Waals surface area contributed by atoms with E-state index in [2.05, 4.69) is 18.2 Å². The van der Waals surface area contributed by atoms with Crippen molar-refractivity contribution in [2.75, 3.05) is 0 Å². The average Bonchev–Trinajstić information content (AvgIpc) is 2.83. The van der Waals surface area contributed by atoms with Gasteiger partial charge < -0.3 is 0 Å². The van der Waals surface area contributed by atoms with Crippen molar-refractivity contribution in [2.45, 2.75) is 18.8 Å². The number of allylic oxidation sites excluding steroid dienone is 2. The molecule has 0 aliphatic heterocycles. The van der Waals surface area contributed by atoms with Gasteiger partial charge in [0.2, 0.25) is 0 Å². The Bertz CT molecular complexity index is 423. The molecule has 3 atom stereocenters. The molecule has 1 aromatic carbocycles. The minimum atomic E-state index is 0.652. The molecule has 15 heavy (non-hydrogen) atoms. The van der Waals surface area contributed by atoms with Crippen LogP contribution in [0.3, 0.4) is 0 Å². The van der Waals surface area contributed by atoms with Gasteiger partial charge in [-0.15, -0.1) is 0 Å². The summed E-state index contributed by atoms with van der Waals surface area (Å²) < 4.78 is 0. The molecular weight excluding hydrogens is 227 g/mol. The zero-order valence-corrected chi connectivity index (χ0v) is 9.80. The molecule has 2 bridgehead atoms. The lowest BCUT2D eigenvalue weighted by Gasteiger charge is -2.18. The van der Waals surface area contributed by atoms with Crippen molar-refractivity contribution >= 4 is 23.2 Å². The van der Waals surface area contributed by atoms with E-state index in [1.54, 1.807) is 0 Å². The molecule has 2 aliphatic rings. The standard InChI is InChI=1S/C13H12Cl2/c14-12-4-3-10(7-13(12)15)11-6-8-1-2-9(11)5-8/h1-4,7-9,11H,5-6H2. The van der Waals surface area contributed by atoms with Crippen LogP contribution in [-0.4, -0.2) is 0 Å². The van der Waals surface area contributed by atoms with Gasteiger partial charge in [-0.05, 0) is 48.3 Å². The first-order valence-electron chi connectivity index (χ1n) is 5.37. The van der Waals surface area contributed by atoms with Gasteiger partial charge in [0, 0.05) is 0 Å². The quantitative estimate of drug-likeness (QED) is 0.624. The third kappa shape index (κ3) is 1.60. The van der Waals surface area contributed by atoms with Crippen LogP contribution in [-0.2, 0) is 0 Å². The van der Waals surface area contributed by atoms with Crippen molar-refractivity contribution in [1.29, 1.82) is 0 Å². The minimum Gasteiger partial charge on any atom is -0.0851 e. The Hall–Kier alpha value is -0.460. The predicted octanol–water partition coefficient (Wildman–Crippen LogP) is 4.67. The van der Waals surface area contributed by atoms with E-state index in [1.165, 1.54) is 18.4 Å². The van der Waals surface area contributed by atoms with Crippen molar-refractivity contribution < 1.29 is 0 Å². The zero-order chi connectivity index (χ0) is 10.4. The van der Waals surface area contributed by atoms with Crippen LogP contribution in [0, 0.1) is 11.8 Å². The van der Waals surface area contributed by atoms with Gasteiger partial charge in [-0.1, -0.05) is 41.4 Å². The molecule has 0 spiro atoms. The summed E-state index contributed by atoms with van der Waals surface area (Å²) in [4.78, 5) is 0. The van der Waals surface area contributed by atoms with Crippen LogP contribution in [0.2, 0.25) is 10.0 Å². The first-order valence-corrected chi connectivity index (χ1v) is 6.13. The summed E-state index contributed by atoms with van der Waals surface area (Å²) in [6, 6.07) is 6.06. The molecule has 0 N–H and O–H groups in total. The third-order valence-corrected chi connectivity index (χ3v) is 4.39. The van der Waals surface area contributed by atoms with Crippen LogP contribution < -0.4 is 0 Å². The number of hydrogen-bond acceptors (Lipinski definition) is 0. The van der Waals surface area contributed by atoms with E-state index in [1.807, 2.05) is 12.1 Å². The molecule has 0 nitrogen and oxygen atoms in total. The van der Waals surface area contributed by atoms with E-state index in [9.17, 15) is 0 Å². The number of halogens is 2. The summed E-state index contributed by atoms with van der Waals surface area (Å²) in [5.41, 5.74) is 1.35. The minimum absolute atomic E-state index is 0.652. The monoisotopic (exact) mass is 238 g/mol. The van der Waals surface area contributed by atoms with Crippen LogP contribution in [0.25, 0.3) is 0 Å². The number of fused-ring (bicyclic) bond motifs is 2. The van der Waals surface area contributed by atoms with Crippen molar-refractivity contribution in [1.82, 2.24) is 0 Å². The molecule has 0 radical (unpaired) electrons. The van der Waals surface area contributed by atoms with Crippen molar-refractivity contribution in [3.05, 3.63) is 46.0 Å². The fraction of sp³-hybridized carbons (Fsp3) is 0.385. The molecule has 3 unspecified atom stereocenters. The van der Waals surface area contributed by atoms with Crippen molar-refractivity contribution in [3.8, 4) is 0 Å². The highest BCUT2D eigenvalue weighted by atomic mass is 35.5. The summed E-state index contributed by atoms with van der Waals surface area (Å²) in [5, 5.41) is 1.33. The Morgan fingerprint density at radius 2 is 1.87 bits per heavy atom. The first-order chi connectivity index (χ1) is 7.24. The van der Waals surface area contributed by atoms with Crippen LogP contribution in [0.1, 0.15) is 24.3 Å². The highest BCUT2D eigenvalue weighted by Crippen LogP contribution is 2.49. The molecule has 2 heteroatoms. The Labute approximate surface area is 99.9 Å².